The molecule has 0 bridgehead atoms. The smallest absolute Gasteiger partial charge is 0.250 e. The first-order valence-electron chi connectivity index (χ1n) is 9.35. The number of anilines is 2. The van der Waals surface area contributed by atoms with E-state index in [1.54, 1.807) is 28.9 Å². The molecule has 8 nitrogen and oxygen atoms in total. The molecule has 2 heterocycles. The third-order valence-electron chi connectivity index (χ3n) is 4.64. The molecule has 0 aliphatic carbocycles. The van der Waals surface area contributed by atoms with E-state index in [0.717, 1.165) is 16.8 Å². The van der Waals surface area contributed by atoms with Crippen molar-refractivity contribution in [1.29, 1.82) is 0 Å². The van der Waals surface area contributed by atoms with Crippen LogP contribution in [0.1, 0.15) is 30.0 Å². The lowest BCUT2D eigenvalue weighted by atomic mass is 10.0. The number of hydrogen-bond acceptors (Lipinski definition) is 6. The lowest BCUT2D eigenvalue weighted by Gasteiger charge is -2.24. The van der Waals surface area contributed by atoms with Crippen LogP contribution in [-0.2, 0) is 9.59 Å². The molecular formula is C21H16Cl2N5O3-. The zero-order chi connectivity index (χ0) is 22.0. The zero-order valence-electron chi connectivity index (χ0n) is 16.0. The summed E-state index contributed by atoms with van der Waals surface area (Å²) in [5.74, 6) is -1.33. The summed E-state index contributed by atoms with van der Waals surface area (Å²) in [7, 11) is 0. The summed E-state index contributed by atoms with van der Waals surface area (Å²) in [6, 6.07) is 14.4. The number of carbonyl (C=O) groups is 2. The number of fused-ring (bicyclic) bond motifs is 1. The van der Waals surface area contributed by atoms with Gasteiger partial charge in [-0.25, -0.2) is 4.68 Å². The first-order chi connectivity index (χ1) is 14.9. The quantitative estimate of drug-likeness (QED) is 0.589. The topological polar surface area (TPSA) is 112 Å². The highest BCUT2D eigenvalue weighted by molar-refractivity contribution is 6.30. The summed E-state index contributed by atoms with van der Waals surface area (Å²) in [5, 5.41) is 21.9. The van der Waals surface area contributed by atoms with Gasteiger partial charge in [-0.05, 0) is 47.9 Å². The maximum absolute atomic E-state index is 12.0. The van der Waals surface area contributed by atoms with Crippen LogP contribution in [0.15, 0.2) is 54.6 Å². The number of nitrogens with zero attached hydrogens (tertiary/aromatic N) is 3. The van der Waals surface area contributed by atoms with Crippen molar-refractivity contribution in [2.24, 2.45) is 0 Å². The molecule has 1 aliphatic heterocycles. The number of rotatable bonds is 6. The van der Waals surface area contributed by atoms with Crippen LogP contribution in [0.3, 0.4) is 0 Å². The van der Waals surface area contributed by atoms with Crippen LogP contribution in [0.25, 0.3) is 5.70 Å². The van der Waals surface area contributed by atoms with E-state index in [0.29, 0.717) is 16.0 Å². The van der Waals surface area contributed by atoms with Crippen molar-refractivity contribution < 1.29 is 14.7 Å². The van der Waals surface area contributed by atoms with Crippen molar-refractivity contribution in [3.63, 3.8) is 0 Å². The molecule has 1 aromatic heterocycles. The van der Waals surface area contributed by atoms with Gasteiger partial charge in [-0.15, -0.1) is 5.10 Å². The Kier molecular flexibility index (Phi) is 5.92. The molecule has 0 saturated carbocycles. The number of halogens is 2. The van der Waals surface area contributed by atoms with Crippen LogP contribution in [-0.4, -0.2) is 26.6 Å². The van der Waals surface area contributed by atoms with Crippen molar-refractivity contribution in [2.75, 3.05) is 10.6 Å². The number of aromatic nitrogens is 3. The first-order valence-corrected chi connectivity index (χ1v) is 10.1. The zero-order valence-corrected chi connectivity index (χ0v) is 17.5. The number of hydrogen-bond donors (Lipinski definition) is 2. The van der Waals surface area contributed by atoms with Crippen LogP contribution < -0.4 is 15.7 Å². The fourth-order valence-corrected chi connectivity index (χ4v) is 3.40. The van der Waals surface area contributed by atoms with Gasteiger partial charge in [0, 0.05) is 28.1 Å². The van der Waals surface area contributed by atoms with E-state index in [2.05, 4.69) is 20.7 Å². The van der Waals surface area contributed by atoms with Crippen molar-refractivity contribution in [3.05, 3.63) is 75.8 Å². The van der Waals surface area contributed by atoms with Gasteiger partial charge in [-0.1, -0.05) is 47.5 Å². The van der Waals surface area contributed by atoms with Crippen LogP contribution in [0.4, 0.5) is 11.9 Å². The van der Waals surface area contributed by atoms with E-state index in [1.807, 2.05) is 30.3 Å². The highest BCUT2D eigenvalue weighted by Gasteiger charge is 2.25. The molecule has 158 valence electrons. The Morgan fingerprint density at radius 3 is 2.32 bits per heavy atom. The SMILES string of the molecule is O=C([O-])CCC(=O)Nc1nc2n(n1)[C@H](c1ccc(Cl)cc1)C=C(c1ccc(Cl)cc1)N2. The molecule has 10 heteroatoms. The average Bonchev–Trinajstić information content (AvgIpc) is 3.15. The van der Waals surface area contributed by atoms with Gasteiger partial charge < -0.3 is 15.2 Å². The molecule has 31 heavy (non-hydrogen) atoms. The van der Waals surface area contributed by atoms with Crippen LogP contribution in [0.5, 0.6) is 0 Å². The second-order valence-electron chi connectivity index (χ2n) is 6.83. The molecule has 0 spiro atoms. The molecule has 3 aromatic rings. The van der Waals surface area contributed by atoms with Gasteiger partial charge in [-0.2, -0.15) is 4.98 Å². The maximum atomic E-state index is 12.0. The first kappa shape index (κ1) is 20.9. The fourth-order valence-electron chi connectivity index (χ4n) is 3.14. The van der Waals surface area contributed by atoms with E-state index in [4.69, 9.17) is 23.2 Å². The molecule has 0 fully saturated rings. The summed E-state index contributed by atoms with van der Waals surface area (Å²) in [6.45, 7) is 0. The predicted octanol–water partition coefficient (Wildman–Crippen LogP) is 3.11. The van der Waals surface area contributed by atoms with E-state index < -0.39 is 11.9 Å². The van der Waals surface area contributed by atoms with Gasteiger partial charge in [-0.3, -0.25) is 10.1 Å². The van der Waals surface area contributed by atoms with Gasteiger partial charge >= 0.3 is 0 Å². The number of aliphatic carboxylic acids is 1. The number of amides is 1. The molecule has 1 amide bonds. The molecule has 2 aromatic carbocycles. The second kappa shape index (κ2) is 8.79. The molecule has 2 N–H and O–H groups in total. The summed E-state index contributed by atoms with van der Waals surface area (Å²) in [6.07, 6.45) is 1.37. The summed E-state index contributed by atoms with van der Waals surface area (Å²) < 4.78 is 1.64. The monoisotopic (exact) mass is 456 g/mol. The Morgan fingerprint density at radius 1 is 1.03 bits per heavy atom. The second-order valence-corrected chi connectivity index (χ2v) is 7.71. The normalized spacial score (nSPS) is 14.9. The number of nitrogens with one attached hydrogen (secondary N) is 2. The van der Waals surface area contributed by atoms with Crippen molar-refractivity contribution in [2.45, 2.75) is 18.9 Å². The van der Waals surface area contributed by atoms with Gasteiger partial charge in [0.2, 0.25) is 11.9 Å². The molecule has 1 atom stereocenters. The number of carbonyl (C=O) groups excluding carboxylic acids is 2. The van der Waals surface area contributed by atoms with Crippen molar-refractivity contribution in [3.8, 4) is 0 Å². The molecule has 0 unspecified atom stereocenters. The Labute approximate surface area is 187 Å². The standard InChI is InChI=1S/C21H17Cl2N5O3/c22-14-5-1-12(2-6-14)16-11-17(13-3-7-15(23)8-4-13)28-21(24-16)26-20(27-28)25-18(29)9-10-19(30)31/h1-8,11,17H,9-10H2,(H,30,31)(H2,24,25,26,27,29)/p-1/t17-/m0/s1. The van der Waals surface area contributed by atoms with Crippen LogP contribution in [0.2, 0.25) is 10.0 Å². The van der Waals surface area contributed by atoms with Gasteiger partial charge in [0.25, 0.3) is 5.95 Å². The van der Waals surface area contributed by atoms with Crippen LogP contribution in [0, 0.1) is 0 Å². The van der Waals surface area contributed by atoms with E-state index in [-0.39, 0.29) is 24.8 Å². The summed E-state index contributed by atoms with van der Waals surface area (Å²) >= 11 is 12.0. The predicted molar refractivity (Wildman–Crippen MR) is 116 cm³/mol. The molecule has 0 saturated heterocycles. The summed E-state index contributed by atoms with van der Waals surface area (Å²) in [5.41, 5.74) is 2.61. The lowest BCUT2D eigenvalue weighted by molar-refractivity contribution is -0.305. The highest BCUT2D eigenvalue weighted by atomic mass is 35.5. The molecule has 1 aliphatic rings. The maximum Gasteiger partial charge on any atom is 0.250 e. The van der Waals surface area contributed by atoms with Crippen LogP contribution >= 0.6 is 23.2 Å². The largest absolute Gasteiger partial charge is 0.550 e. The Balaban J connectivity index is 1.67. The van der Waals surface area contributed by atoms with Crippen molar-refractivity contribution >= 4 is 52.7 Å². The number of allylic oxidation sites excluding steroid dienone is 1. The Hall–Kier alpha value is -3.36. The number of benzene rings is 2. The van der Waals surface area contributed by atoms with Gasteiger partial charge in [0.1, 0.15) is 6.04 Å². The third kappa shape index (κ3) is 4.87. The van der Waals surface area contributed by atoms with Crippen molar-refractivity contribution in [1.82, 2.24) is 14.8 Å². The fraction of sp³-hybridized carbons (Fsp3) is 0.143. The van der Waals surface area contributed by atoms with E-state index in [9.17, 15) is 14.7 Å². The minimum atomic E-state index is -1.30. The highest BCUT2D eigenvalue weighted by Crippen LogP contribution is 2.33. The third-order valence-corrected chi connectivity index (χ3v) is 5.14. The number of carboxylic acids is 1. The van der Waals surface area contributed by atoms with E-state index >= 15 is 0 Å². The molecule has 4 rings (SSSR count). The Bertz CT molecular complexity index is 1160. The summed E-state index contributed by atoms with van der Waals surface area (Å²) in [4.78, 5) is 26.9. The van der Waals surface area contributed by atoms with Gasteiger partial charge in [0.15, 0.2) is 0 Å². The molecular weight excluding hydrogens is 441 g/mol. The van der Waals surface area contributed by atoms with E-state index in [1.165, 1.54) is 0 Å². The lowest BCUT2D eigenvalue weighted by Crippen LogP contribution is -2.24. The minimum absolute atomic E-state index is 0.0653. The van der Waals surface area contributed by atoms with Gasteiger partial charge in [0.05, 0.1) is 0 Å². The Morgan fingerprint density at radius 2 is 1.68 bits per heavy atom. The molecule has 0 radical (unpaired) electrons. The minimum Gasteiger partial charge on any atom is -0.550 e. The number of carboxylic acid groups (broad SMARTS) is 1. The average molecular weight is 457 g/mol.